The molecule has 0 saturated heterocycles. The number of hydrogen-bond acceptors (Lipinski definition) is 3. The van der Waals surface area contributed by atoms with Crippen LogP contribution in [0.15, 0.2) is 0 Å². The molecular formula is C18H38N2O. The van der Waals surface area contributed by atoms with Crippen LogP contribution in [0.4, 0.5) is 0 Å². The minimum absolute atomic E-state index is 0.724. The summed E-state index contributed by atoms with van der Waals surface area (Å²) in [5.41, 5.74) is 0. The molecule has 3 heteroatoms. The van der Waals surface area contributed by atoms with Gasteiger partial charge in [0.15, 0.2) is 0 Å². The fourth-order valence-corrected chi connectivity index (χ4v) is 3.05. The first-order valence-corrected chi connectivity index (χ1v) is 9.25. The highest BCUT2D eigenvalue weighted by atomic mass is 16.5. The molecule has 0 heterocycles. The zero-order valence-electron chi connectivity index (χ0n) is 14.5. The molecular weight excluding hydrogens is 260 g/mol. The van der Waals surface area contributed by atoms with Crippen LogP contribution < -0.4 is 5.32 Å². The van der Waals surface area contributed by atoms with Crippen LogP contribution in [0.2, 0.25) is 0 Å². The van der Waals surface area contributed by atoms with Crippen molar-refractivity contribution < 1.29 is 4.74 Å². The lowest BCUT2D eigenvalue weighted by Gasteiger charge is -2.20. The van der Waals surface area contributed by atoms with Gasteiger partial charge in [-0.2, -0.15) is 0 Å². The Kier molecular flexibility index (Phi) is 12.2. The maximum absolute atomic E-state index is 5.67. The molecule has 21 heavy (non-hydrogen) atoms. The third kappa shape index (κ3) is 12.1. The molecule has 1 aliphatic rings. The summed E-state index contributed by atoms with van der Waals surface area (Å²) >= 11 is 0. The van der Waals surface area contributed by atoms with E-state index in [0.29, 0.717) is 0 Å². The van der Waals surface area contributed by atoms with E-state index in [2.05, 4.69) is 24.3 Å². The van der Waals surface area contributed by atoms with Gasteiger partial charge in [0.2, 0.25) is 0 Å². The average Bonchev–Trinajstić information content (AvgIpc) is 2.44. The SMILES string of the molecule is CN(C)CCOCCNC1CCCCCCCCCCC1. The van der Waals surface area contributed by atoms with Crippen molar-refractivity contribution in [3.05, 3.63) is 0 Å². The summed E-state index contributed by atoms with van der Waals surface area (Å²) < 4.78 is 5.67. The second-order valence-electron chi connectivity index (χ2n) is 6.83. The molecule has 1 N–H and O–H groups in total. The van der Waals surface area contributed by atoms with Gasteiger partial charge in [-0.25, -0.2) is 0 Å². The molecule has 126 valence electrons. The summed E-state index contributed by atoms with van der Waals surface area (Å²) in [4.78, 5) is 2.17. The van der Waals surface area contributed by atoms with E-state index in [-0.39, 0.29) is 0 Å². The van der Waals surface area contributed by atoms with Gasteiger partial charge < -0.3 is 15.0 Å². The van der Waals surface area contributed by atoms with Gasteiger partial charge in [0.1, 0.15) is 0 Å². The third-order valence-electron chi connectivity index (χ3n) is 4.47. The van der Waals surface area contributed by atoms with E-state index < -0.39 is 0 Å². The Hall–Kier alpha value is -0.120. The molecule has 0 radical (unpaired) electrons. The molecule has 1 aliphatic carbocycles. The van der Waals surface area contributed by atoms with E-state index in [1.54, 1.807) is 0 Å². The van der Waals surface area contributed by atoms with Crippen molar-refractivity contribution in [2.75, 3.05) is 40.4 Å². The molecule has 0 atom stereocenters. The molecule has 0 aliphatic heterocycles. The smallest absolute Gasteiger partial charge is 0.0593 e. The predicted molar refractivity (Wildman–Crippen MR) is 92.0 cm³/mol. The number of hydrogen-bond donors (Lipinski definition) is 1. The van der Waals surface area contributed by atoms with E-state index >= 15 is 0 Å². The highest BCUT2D eigenvalue weighted by molar-refractivity contribution is 4.68. The lowest BCUT2D eigenvalue weighted by atomic mass is 9.98. The Morgan fingerprint density at radius 3 is 1.86 bits per heavy atom. The van der Waals surface area contributed by atoms with Gasteiger partial charge in [-0.15, -0.1) is 0 Å². The maximum Gasteiger partial charge on any atom is 0.0593 e. The highest BCUT2D eigenvalue weighted by Crippen LogP contribution is 2.16. The van der Waals surface area contributed by atoms with Crippen LogP contribution in [0.3, 0.4) is 0 Å². The molecule has 0 spiro atoms. The number of likely N-dealkylation sites (N-methyl/N-ethyl adjacent to an activating group) is 1. The molecule has 0 bridgehead atoms. The molecule has 3 nitrogen and oxygen atoms in total. The van der Waals surface area contributed by atoms with Gasteiger partial charge in [-0.05, 0) is 26.9 Å². The van der Waals surface area contributed by atoms with Crippen LogP contribution in [0.25, 0.3) is 0 Å². The van der Waals surface area contributed by atoms with Crippen LogP contribution >= 0.6 is 0 Å². The predicted octanol–water partition coefficient (Wildman–Crippen LogP) is 3.83. The third-order valence-corrected chi connectivity index (χ3v) is 4.47. The summed E-state index contributed by atoms with van der Waals surface area (Å²) in [5, 5.41) is 3.72. The Morgan fingerprint density at radius 1 is 0.810 bits per heavy atom. The minimum atomic E-state index is 0.724. The molecule has 0 unspecified atom stereocenters. The highest BCUT2D eigenvalue weighted by Gasteiger charge is 2.08. The van der Waals surface area contributed by atoms with Gasteiger partial charge in [-0.3, -0.25) is 0 Å². The molecule has 0 aromatic rings. The Labute approximate surface area is 132 Å². The van der Waals surface area contributed by atoms with Crippen molar-refractivity contribution in [3.63, 3.8) is 0 Å². The van der Waals surface area contributed by atoms with Crippen LogP contribution in [0, 0.1) is 0 Å². The number of rotatable bonds is 7. The summed E-state index contributed by atoms with van der Waals surface area (Å²) in [6.07, 6.45) is 15.6. The number of nitrogens with one attached hydrogen (secondary N) is 1. The zero-order chi connectivity index (χ0) is 15.2. The van der Waals surface area contributed by atoms with E-state index in [0.717, 1.165) is 32.3 Å². The van der Waals surface area contributed by atoms with Crippen molar-refractivity contribution in [1.29, 1.82) is 0 Å². The summed E-state index contributed by atoms with van der Waals surface area (Å²) in [5.74, 6) is 0. The number of nitrogens with zero attached hydrogens (tertiary/aromatic N) is 1. The van der Waals surface area contributed by atoms with Crippen LogP contribution in [0.1, 0.15) is 70.6 Å². The van der Waals surface area contributed by atoms with Crippen LogP contribution in [-0.4, -0.2) is 51.3 Å². The van der Waals surface area contributed by atoms with E-state index in [4.69, 9.17) is 4.74 Å². The molecule has 0 aromatic carbocycles. The van der Waals surface area contributed by atoms with E-state index in [1.807, 2.05) is 0 Å². The first-order chi connectivity index (χ1) is 10.3. The van der Waals surface area contributed by atoms with Crippen LogP contribution in [0.5, 0.6) is 0 Å². The van der Waals surface area contributed by atoms with Crippen molar-refractivity contribution in [2.45, 2.75) is 76.7 Å². The number of ether oxygens (including phenoxy) is 1. The Morgan fingerprint density at radius 2 is 1.33 bits per heavy atom. The molecule has 1 saturated carbocycles. The lowest BCUT2D eigenvalue weighted by Crippen LogP contribution is -2.32. The largest absolute Gasteiger partial charge is 0.379 e. The lowest BCUT2D eigenvalue weighted by molar-refractivity contribution is 0.117. The van der Waals surface area contributed by atoms with Gasteiger partial charge in [-0.1, -0.05) is 57.8 Å². The summed E-state index contributed by atoms with van der Waals surface area (Å²) in [6, 6.07) is 0.724. The van der Waals surface area contributed by atoms with E-state index in [1.165, 1.54) is 70.6 Å². The summed E-state index contributed by atoms with van der Waals surface area (Å²) in [6.45, 7) is 3.73. The van der Waals surface area contributed by atoms with Crippen molar-refractivity contribution in [3.8, 4) is 0 Å². The van der Waals surface area contributed by atoms with Gasteiger partial charge in [0, 0.05) is 19.1 Å². The maximum atomic E-state index is 5.67. The first-order valence-electron chi connectivity index (χ1n) is 9.25. The van der Waals surface area contributed by atoms with Crippen molar-refractivity contribution in [1.82, 2.24) is 10.2 Å². The Balaban J connectivity index is 2.07. The molecule has 1 rings (SSSR count). The van der Waals surface area contributed by atoms with E-state index in [9.17, 15) is 0 Å². The fraction of sp³-hybridized carbons (Fsp3) is 1.00. The molecule has 0 amide bonds. The zero-order valence-corrected chi connectivity index (χ0v) is 14.5. The van der Waals surface area contributed by atoms with Crippen LogP contribution in [-0.2, 0) is 4.74 Å². The normalized spacial score (nSPS) is 20.1. The first kappa shape index (κ1) is 18.9. The monoisotopic (exact) mass is 298 g/mol. The second kappa shape index (κ2) is 13.5. The van der Waals surface area contributed by atoms with Gasteiger partial charge in [0.05, 0.1) is 13.2 Å². The minimum Gasteiger partial charge on any atom is -0.379 e. The fourth-order valence-electron chi connectivity index (χ4n) is 3.05. The quantitative estimate of drug-likeness (QED) is 0.723. The molecule has 1 fully saturated rings. The van der Waals surface area contributed by atoms with Gasteiger partial charge in [0.25, 0.3) is 0 Å². The van der Waals surface area contributed by atoms with Gasteiger partial charge >= 0.3 is 0 Å². The topological polar surface area (TPSA) is 24.5 Å². The second-order valence-corrected chi connectivity index (χ2v) is 6.83. The summed E-state index contributed by atoms with van der Waals surface area (Å²) in [7, 11) is 4.18. The standard InChI is InChI=1S/C18H38N2O/c1-20(2)15-17-21-16-14-19-18-12-10-8-6-4-3-5-7-9-11-13-18/h18-19H,3-17H2,1-2H3. The average molecular weight is 299 g/mol. The molecule has 0 aromatic heterocycles. The van der Waals surface area contributed by atoms with Crippen molar-refractivity contribution in [2.24, 2.45) is 0 Å². The van der Waals surface area contributed by atoms with Crippen molar-refractivity contribution >= 4 is 0 Å². The Bertz CT molecular complexity index is 209.